The normalized spacial score (nSPS) is 11.3. The monoisotopic (exact) mass is 216 g/mol. The van der Waals surface area contributed by atoms with Crippen LogP contribution in [0.4, 0.5) is 15.8 Å². The van der Waals surface area contributed by atoms with E-state index in [9.17, 15) is 4.39 Å². The highest BCUT2D eigenvalue weighted by Gasteiger charge is 2.15. The zero-order valence-corrected chi connectivity index (χ0v) is 8.33. The van der Waals surface area contributed by atoms with Crippen molar-refractivity contribution < 1.29 is 8.81 Å². The van der Waals surface area contributed by atoms with Crippen LogP contribution in [0.3, 0.4) is 0 Å². The molecule has 16 heavy (non-hydrogen) atoms. The van der Waals surface area contributed by atoms with Gasteiger partial charge in [0.15, 0.2) is 11.4 Å². The van der Waals surface area contributed by atoms with Crippen LogP contribution in [0.25, 0.3) is 21.9 Å². The van der Waals surface area contributed by atoms with Gasteiger partial charge in [0, 0.05) is 11.1 Å². The minimum atomic E-state index is -0.552. The molecule has 0 spiro atoms. The van der Waals surface area contributed by atoms with Crippen LogP contribution in [0.2, 0.25) is 0 Å². The number of para-hydroxylation sites is 1. The Morgan fingerprint density at radius 2 is 1.88 bits per heavy atom. The molecule has 0 saturated carbocycles. The molecule has 2 aromatic carbocycles. The Morgan fingerprint density at radius 3 is 2.69 bits per heavy atom. The summed E-state index contributed by atoms with van der Waals surface area (Å²) >= 11 is 0. The highest BCUT2D eigenvalue weighted by molar-refractivity contribution is 6.14. The first-order chi connectivity index (χ1) is 7.68. The molecule has 0 bridgehead atoms. The predicted octanol–water partition coefficient (Wildman–Crippen LogP) is 2.89. The van der Waals surface area contributed by atoms with Gasteiger partial charge in [0.05, 0.1) is 5.39 Å². The topological polar surface area (TPSA) is 65.2 Å². The van der Waals surface area contributed by atoms with Crippen molar-refractivity contribution in [3.8, 4) is 0 Å². The van der Waals surface area contributed by atoms with Crippen molar-refractivity contribution in [3.63, 3.8) is 0 Å². The molecule has 1 aromatic heterocycles. The number of fused-ring (bicyclic) bond motifs is 3. The van der Waals surface area contributed by atoms with Crippen LogP contribution in [-0.2, 0) is 0 Å². The summed E-state index contributed by atoms with van der Waals surface area (Å²) in [6.07, 6.45) is 0. The van der Waals surface area contributed by atoms with Crippen LogP contribution in [0, 0.1) is 5.82 Å². The summed E-state index contributed by atoms with van der Waals surface area (Å²) in [4.78, 5) is 0. The number of hydrogen-bond acceptors (Lipinski definition) is 3. The molecule has 0 atom stereocenters. The van der Waals surface area contributed by atoms with E-state index in [-0.39, 0.29) is 5.69 Å². The summed E-state index contributed by atoms with van der Waals surface area (Å²) < 4.78 is 18.9. The molecular formula is C12H9FN2O. The Hall–Kier alpha value is -2.23. The first-order valence-corrected chi connectivity index (χ1v) is 4.83. The number of nitrogens with two attached hydrogens (primary N) is 2. The number of furan rings is 1. The van der Waals surface area contributed by atoms with Crippen molar-refractivity contribution in [1.82, 2.24) is 0 Å². The van der Waals surface area contributed by atoms with Gasteiger partial charge in [-0.1, -0.05) is 18.2 Å². The molecule has 3 nitrogen and oxygen atoms in total. The summed E-state index contributed by atoms with van der Waals surface area (Å²) in [5.74, 6) is -0.552. The molecule has 0 aliphatic heterocycles. The smallest absolute Gasteiger partial charge is 0.163 e. The fourth-order valence-electron chi connectivity index (χ4n) is 1.92. The standard InChI is InChI=1S/C12H9FN2O/c13-7-5-8(14)10-6-3-1-2-4-9(6)16-12(10)11(7)15/h1-5H,14-15H2. The summed E-state index contributed by atoms with van der Waals surface area (Å²) in [5.41, 5.74) is 12.7. The lowest BCUT2D eigenvalue weighted by atomic mass is 10.1. The van der Waals surface area contributed by atoms with Crippen molar-refractivity contribution in [2.45, 2.75) is 0 Å². The molecule has 0 radical (unpaired) electrons. The highest BCUT2D eigenvalue weighted by Crippen LogP contribution is 2.37. The van der Waals surface area contributed by atoms with Gasteiger partial charge >= 0.3 is 0 Å². The van der Waals surface area contributed by atoms with E-state index in [4.69, 9.17) is 15.9 Å². The maximum absolute atomic E-state index is 13.4. The van der Waals surface area contributed by atoms with Crippen molar-refractivity contribution in [3.05, 3.63) is 36.1 Å². The average molecular weight is 216 g/mol. The second-order valence-corrected chi connectivity index (χ2v) is 3.66. The lowest BCUT2D eigenvalue weighted by molar-refractivity contribution is 0.624. The molecular weight excluding hydrogens is 207 g/mol. The fraction of sp³-hybridized carbons (Fsp3) is 0. The molecule has 80 valence electrons. The SMILES string of the molecule is Nc1c(F)cc(N)c2c1oc1ccccc12. The second kappa shape index (κ2) is 2.88. The molecule has 0 amide bonds. The van der Waals surface area contributed by atoms with Crippen LogP contribution in [0.1, 0.15) is 0 Å². The molecule has 0 unspecified atom stereocenters. The van der Waals surface area contributed by atoms with Crippen LogP contribution < -0.4 is 11.5 Å². The number of benzene rings is 2. The van der Waals surface area contributed by atoms with Crippen LogP contribution in [0.15, 0.2) is 34.7 Å². The van der Waals surface area contributed by atoms with Crippen LogP contribution in [-0.4, -0.2) is 0 Å². The number of halogens is 1. The molecule has 4 N–H and O–H groups in total. The van der Waals surface area contributed by atoms with Crippen molar-refractivity contribution in [1.29, 1.82) is 0 Å². The number of hydrogen-bond donors (Lipinski definition) is 2. The summed E-state index contributed by atoms with van der Waals surface area (Å²) in [7, 11) is 0. The number of rotatable bonds is 0. The molecule has 3 rings (SSSR count). The Labute approximate surface area is 90.4 Å². The molecule has 0 aliphatic carbocycles. The van der Waals surface area contributed by atoms with Gasteiger partial charge in [-0.2, -0.15) is 0 Å². The summed E-state index contributed by atoms with van der Waals surface area (Å²) in [6, 6.07) is 8.60. The third kappa shape index (κ3) is 1.01. The van der Waals surface area contributed by atoms with Crippen molar-refractivity contribution in [2.24, 2.45) is 0 Å². The minimum absolute atomic E-state index is 0.000370. The van der Waals surface area contributed by atoms with E-state index in [1.807, 2.05) is 18.2 Å². The Kier molecular flexibility index (Phi) is 1.63. The third-order valence-electron chi connectivity index (χ3n) is 2.67. The zero-order chi connectivity index (χ0) is 11.3. The number of nitrogen functional groups attached to an aromatic ring is 2. The first kappa shape index (κ1) is 9.03. The molecule has 4 heteroatoms. The molecule has 0 fully saturated rings. The quantitative estimate of drug-likeness (QED) is 0.568. The Morgan fingerprint density at radius 1 is 1.12 bits per heavy atom. The van der Waals surface area contributed by atoms with Gasteiger partial charge in [0.2, 0.25) is 0 Å². The minimum Gasteiger partial charge on any atom is -0.454 e. The second-order valence-electron chi connectivity index (χ2n) is 3.66. The average Bonchev–Trinajstić information content (AvgIpc) is 2.65. The lowest BCUT2D eigenvalue weighted by Crippen LogP contribution is -1.94. The van der Waals surface area contributed by atoms with Gasteiger partial charge in [0.25, 0.3) is 0 Å². The highest BCUT2D eigenvalue weighted by atomic mass is 19.1. The van der Waals surface area contributed by atoms with Crippen molar-refractivity contribution >= 4 is 33.3 Å². The summed E-state index contributed by atoms with van der Waals surface area (Å²) in [5, 5.41) is 1.52. The fourth-order valence-corrected chi connectivity index (χ4v) is 1.92. The van der Waals surface area contributed by atoms with Gasteiger partial charge in [-0.25, -0.2) is 4.39 Å². The molecule has 3 aromatic rings. The Balaban J connectivity index is 2.64. The van der Waals surface area contributed by atoms with E-state index < -0.39 is 5.82 Å². The van der Waals surface area contributed by atoms with E-state index in [2.05, 4.69) is 0 Å². The third-order valence-corrected chi connectivity index (χ3v) is 2.67. The van der Waals surface area contributed by atoms with E-state index in [1.165, 1.54) is 6.07 Å². The van der Waals surface area contributed by atoms with Crippen LogP contribution in [0.5, 0.6) is 0 Å². The van der Waals surface area contributed by atoms with Gasteiger partial charge in [-0.05, 0) is 12.1 Å². The maximum Gasteiger partial charge on any atom is 0.163 e. The largest absolute Gasteiger partial charge is 0.454 e. The van der Waals surface area contributed by atoms with Gasteiger partial charge in [0.1, 0.15) is 11.3 Å². The first-order valence-electron chi connectivity index (χ1n) is 4.83. The maximum atomic E-state index is 13.4. The molecule has 0 aliphatic rings. The number of anilines is 2. The van der Waals surface area contributed by atoms with E-state index in [0.29, 0.717) is 22.2 Å². The van der Waals surface area contributed by atoms with Gasteiger partial charge in [-0.15, -0.1) is 0 Å². The molecule has 0 saturated heterocycles. The predicted molar refractivity (Wildman–Crippen MR) is 62.5 cm³/mol. The van der Waals surface area contributed by atoms with Crippen LogP contribution >= 0.6 is 0 Å². The Bertz CT molecular complexity index is 703. The van der Waals surface area contributed by atoms with E-state index in [1.54, 1.807) is 6.07 Å². The zero-order valence-electron chi connectivity index (χ0n) is 8.33. The van der Waals surface area contributed by atoms with E-state index >= 15 is 0 Å². The van der Waals surface area contributed by atoms with E-state index in [0.717, 1.165) is 5.39 Å². The van der Waals surface area contributed by atoms with Gasteiger partial charge < -0.3 is 15.9 Å². The summed E-state index contributed by atoms with van der Waals surface area (Å²) in [6.45, 7) is 0. The van der Waals surface area contributed by atoms with Gasteiger partial charge in [-0.3, -0.25) is 0 Å². The van der Waals surface area contributed by atoms with Crippen molar-refractivity contribution in [2.75, 3.05) is 11.5 Å². The lowest BCUT2D eigenvalue weighted by Gasteiger charge is -2.00. The molecule has 1 heterocycles.